The van der Waals surface area contributed by atoms with E-state index in [1.54, 1.807) is 0 Å². The Morgan fingerprint density at radius 1 is 1.38 bits per heavy atom. The fourth-order valence-corrected chi connectivity index (χ4v) is 1.57. The van der Waals surface area contributed by atoms with Crippen molar-refractivity contribution in [1.29, 1.82) is 0 Å². The zero-order chi connectivity index (χ0) is 15.5. The Balaban J connectivity index is 2.31. The van der Waals surface area contributed by atoms with Crippen LogP contribution in [-0.4, -0.2) is 23.2 Å². The number of carbonyl (C=O) groups is 1. The minimum atomic E-state index is -4.59. The summed E-state index contributed by atoms with van der Waals surface area (Å²) in [4.78, 5) is 15.4. The maximum absolute atomic E-state index is 12.6. The third-order valence-electron chi connectivity index (χ3n) is 2.47. The summed E-state index contributed by atoms with van der Waals surface area (Å²) in [5.41, 5.74) is -1.24. The van der Waals surface area contributed by atoms with Crippen LogP contribution in [0.1, 0.15) is 21.7 Å². The lowest BCUT2D eigenvalue weighted by atomic mass is 10.1. The molecule has 0 atom stereocenters. The van der Waals surface area contributed by atoms with Crippen molar-refractivity contribution in [2.75, 3.05) is 12.4 Å². The van der Waals surface area contributed by atoms with E-state index in [1.807, 2.05) is 0 Å². The molecular weight excluding hydrogens is 291 g/mol. The molecule has 0 aromatic carbocycles. The van der Waals surface area contributed by atoms with Gasteiger partial charge in [-0.2, -0.15) is 13.2 Å². The van der Waals surface area contributed by atoms with Crippen LogP contribution in [-0.2, 0) is 17.5 Å². The van der Waals surface area contributed by atoms with Crippen LogP contribution >= 0.6 is 0 Å². The standard InChI is InChI=1S/C12H10F3N3O3/c1-20-6-8-7(2-3-9(16-8)12(13,14)15)11(19)17-10-4-5-21-18-10/h2-5H,6H2,1H3,(H,17,18,19). The zero-order valence-corrected chi connectivity index (χ0v) is 10.8. The first-order chi connectivity index (χ1) is 9.91. The van der Waals surface area contributed by atoms with Gasteiger partial charge in [-0.15, -0.1) is 0 Å². The summed E-state index contributed by atoms with van der Waals surface area (Å²) in [6.07, 6.45) is -3.35. The van der Waals surface area contributed by atoms with Gasteiger partial charge in [0, 0.05) is 13.2 Å². The number of hydrogen-bond acceptors (Lipinski definition) is 5. The molecule has 0 fully saturated rings. The summed E-state index contributed by atoms with van der Waals surface area (Å²) in [6, 6.07) is 3.17. The van der Waals surface area contributed by atoms with Crippen molar-refractivity contribution in [3.05, 3.63) is 41.4 Å². The predicted octanol–water partition coefficient (Wildman–Crippen LogP) is 2.49. The van der Waals surface area contributed by atoms with Crippen LogP contribution in [0.3, 0.4) is 0 Å². The first kappa shape index (κ1) is 15.0. The molecule has 0 aliphatic heterocycles. The number of nitrogens with zero attached hydrogens (tertiary/aromatic N) is 2. The van der Waals surface area contributed by atoms with Gasteiger partial charge in [-0.1, -0.05) is 5.16 Å². The van der Waals surface area contributed by atoms with Gasteiger partial charge in [0.1, 0.15) is 12.0 Å². The van der Waals surface area contributed by atoms with Gasteiger partial charge >= 0.3 is 6.18 Å². The Bertz CT molecular complexity index is 626. The molecule has 0 unspecified atom stereocenters. The van der Waals surface area contributed by atoms with Crippen LogP contribution in [0.4, 0.5) is 19.0 Å². The van der Waals surface area contributed by atoms with Crippen LogP contribution in [0.15, 0.2) is 29.0 Å². The summed E-state index contributed by atoms with van der Waals surface area (Å²) >= 11 is 0. The lowest BCUT2D eigenvalue weighted by molar-refractivity contribution is -0.141. The van der Waals surface area contributed by atoms with Crippen LogP contribution in [0.2, 0.25) is 0 Å². The summed E-state index contributed by atoms with van der Waals surface area (Å²) in [6.45, 7) is -0.231. The van der Waals surface area contributed by atoms with E-state index in [-0.39, 0.29) is 23.7 Å². The molecule has 9 heteroatoms. The van der Waals surface area contributed by atoms with Crippen LogP contribution in [0.5, 0.6) is 0 Å². The molecule has 6 nitrogen and oxygen atoms in total. The second-order valence-corrected chi connectivity index (χ2v) is 3.96. The molecule has 2 aromatic rings. The van der Waals surface area contributed by atoms with Crippen molar-refractivity contribution in [3.8, 4) is 0 Å². The van der Waals surface area contributed by atoms with Gasteiger partial charge in [0.05, 0.1) is 17.9 Å². The van der Waals surface area contributed by atoms with Gasteiger partial charge in [-0.3, -0.25) is 4.79 Å². The molecule has 0 radical (unpaired) electrons. The van der Waals surface area contributed by atoms with E-state index >= 15 is 0 Å². The zero-order valence-electron chi connectivity index (χ0n) is 10.8. The highest BCUT2D eigenvalue weighted by molar-refractivity contribution is 6.04. The SMILES string of the molecule is COCc1nc(C(F)(F)F)ccc1C(=O)Nc1ccon1. The van der Waals surface area contributed by atoms with Gasteiger partial charge in [0.15, 0.2) is 5.82 Å². The van der Waals surface area contributed by atoms with Crippen molar-refractivity contribution in [3.63, 3.8) is 0 Å². The highest BCUT2D eigenvalue weighted by Crippen LogP contribution is 2.28. The fraction of sp³-hybridized carbons (Fsp3) is 0.250. The third kappa shape index (κ3) is 3.57. The summed E-state index contributed by atoms with van der Waals surface area (Å²) in [5.74, 6) is -0.513. The molecular formula is C12H10F3N3O3. The van der Waals surface area contributed by atoms with E-state index < -0.39 is 17.8 Å². The van der Waals surface area contributed by atoms with E-state index in [1.165, 1.54) is 19.4 Å². The van der Waals surface area contributed by atoms with Crippen molar-refractivity contribution in [1.82, 2.24) is 10.1 Å². The number of hydrogen-bond donors (Lipinski definition) is 1. The quantitative estimate of drug-likeness (QED) is 0.938. The highest BCUT2D eigenvalue weighted by atomic mass is 19.4. The van der Waals surface area contributed by atoms with E-state index in [0.717, 1.165) is 12.1 Å². The first-order valence-corrected chi connectivity index (χ1v) is 5.69. The largest absolute Gasteiger partial charge is 0.433 e. The molecule has 0 spiro atoms. The number of aromatic nitrogens is 2. The number of rotatable bonds is 4. The average molecular weight is 301 g/mol. The maximum atomic E-state index is 12.6. The Morgan fingerprint density at radius 3 is 2.71 bits per heavy atom. The molecule has 2 heterocycles. The number of ether oxygens (including phenoxy) is 1. The third-order valence-corrected chi connectivity index (χ3v) is 2.47. The van der Waals surface area contributed by atoms with Gasteiger partial charge in [-0.05, 0) is 12.1 Å². The lowest BCUT2D eigenvalue weighted by Crippen LogP contribution is -2.18. The van der Waals surface area contributed by atoms with Crippen LogP contribution in [0, 0.1) is 0 Å². The predicted molar refractivity (Wildman–Crippen MR) is 64.4 cm³/mol. The van der Waals surface area contributed by atoms with Gasteiger partial charge in [-0.25, -0.2) is 4.98 Å². The van der Waals surface area contributed by atoms with Gasteiger partial charge in [0.2, 0.25) is 0 Å². The minimum absolute atomic E-state index is 0.0344. The second-order valence-electron chi connectivity index (χ2n) is 3.96. The number of pyridine rings is 1. The van der Waals surface area contributed by atoms with Crippen molar-refractivity contribution in [2.45, 2.75) is 12.8 Å². The Kier molecular flexibility index (Phi) is 4.22. The summed E-state index contributed by atoms with van der Waals surface area (Å²) < 4.78 is 47.2. The van der Waals surface area contributed by atoms with Gasteiger partial charge in [0.25, 0.3) is 5.91 Å². The molecule has 1 amide bonds. The number of carbonyl (C=O) groups excluding carboxylic acids is 1. The lowest BCUT2D eigenvalue weighted by Gasteiger charge is -2.11. The Morgan fingerprint density at radius 2 is 2.14 bits per heavy atom. The molecule has 0 saturated heterocycles. The maximum Gasteiger partial charge on any atom is 0.433 e. The van der Waals surface area contributed by atoms with E-state index in [0.29, 0.717) is 0 Å². The highest BCUT2D eigenvalue weighted by Gasteiger charge is 2.33. The topological polar surface area (TPSA) is 77.2 Å². The molecule has 0 saturated carbocycles. The van der Waals surface area contributed by atoms with Crippen molar-refractivity contribution >= 4 is 11.7 Å². The number of anilines is 1. The molecule has 1 N–H and O–H groups in total. The number of amides is 1. The smallest absolute Gasteiger partial charge is 0.378 e. The van der Waals surface area contributed by atoms with E-state index in [4.69, 9.17) is 4.74 Å². The van der Waals surface area contributed by atoms with E-state index in [2.05, 4.69) is 20.0 Å². The fourth-order valence-electron chi connectivity index (χ4n) is 1.57. The Labute approximate surface area is 116 Å². The number of alkyl halides is 3. The average Bonchev–Trinajstić information content (AvgIpc) is 2.90. The van der Waals surface area contributed by atoms with Crippen LogP contribution < -0.4 is 5.32 Å². The molecule has 0 bridgehead atoms. The monoisotopic (exact) mass is 301 g/mol. The second kappa shape index (κ2) is 5.92. The number of methoxy groups -OCH3 is 1. The number of nitrogens with one attached hydrogen (secondary N) is 1. The summed E-state index contributed by atoms with van der Waals surface area (Å²) in [5, 5.41) is 5.85. The van der Waals surface area contributed by atoms with Crippen LogP contribution in [0.25, 0.3) is 0 Å². The molecule has 21 heavy (non-hydrogen) atoms. The van der Waals surface area contributed by atoms with Crippen molar-refractivity contribution in [2.24, 2.45) is 0 Å². The first-order valence-electron chi connectivity index (χ1n) is 5.69. The normalized spacial score (nSPS) is 11.4. The summed E-state index contributed by atoms with van der Waals surface area (Å²) in [7, 11) is 1.29. The Hall–Kier alpha value is -2.42. The molecule has 112 valence electrons. The minimum Gasteiger partial charge on any atom is -0.378 e. The molecule has 2 rings (SSSR count). The molecule has 0 aliphatic rings. The molecule has 2 aromatic heterocycles. The van der Waals surface area contributed by atoms with E-state index in [9.17, 15) is 18.0 Å². The number of halogens is 3. The molecule has 0 aliphatic carbocycles. The van der Waals surface area contributed by atoms with Gasteiger partial charge < -0.3 is 14.6 Å². The van der Waals surface area contributed by atoms with Crippen molar-refractivity contribution < 1.29 is 27.2 Å².